The lowest BCUT2D eigenvalue weighted by atomic mass is 10.0. The Kier molecular flexibility index (Phi) is 6.16. The van der Waals surface area contributed by atoms with Crippen LogP contribution < -0.4 is 5.32 Å². The van der Waals surface area contributed by atoms with Gasteiger partial charge in [-0.2, -0.15) is 18.3 Å². The van der Waals surface area contributed by atoms with Gasteiger partial charge in [0.25, 0.3) is 5.91 Å². The minimum absolute atomic E-state index is 0.173. The first-order valence-corrected chi connectivity index (χ1v) is 11.6. The molecule has 0 unspecified atom stereocenters. The van der Waals surface area contributed by atoms with Crippen molar-refractivity contribution in [2.75, 3.05) is 6.54 Å². The van der Waals surface area contributed by atoms with Gasteiger partial charge in [0.15, 0.2) is 0 Å². The molecule has 4 nitrogen and oxygen atoms in total. The van der Waals surface area contributed by atoms with Gasteiger partial charge < -0.3 is 5.32 Å². The lowest BCUT2D eigenvalue weighted by Gasteiger charge is -2.13. The summed E-state index contributed by atoms with van der Waals surface area (Å²) in [6, 6.07) is 22.3. The molecule has 1 amide bonds. The molecular weight excluding hydrogens is 451 g/mol. The van der Waals surface area contributed by atoms with Crippen molar-refractivity contribution >= 4 is 5.91 Å². The van der Waals surface area contributed by atoms with Crippen molar-refractivity contribution < 1.29 is 18.0 Å². The number of hydrogen-bond donors (Lipinski definition) is 1. The molecule has 0 saturated heterocycles. The van der Waals surface area contributed by atoms with Gasteiger partial charge in [0, 0.05) is 23.2 Å². The van der Waals surface area contributed by atoms with E-state index in [9.17, 15) is 18.0 Å². The summed E-state index contributed by atoms with van der Waals surface area (Å²) in [6.45, 7) is 0.524. The minimum Gasteiger partial charge on any atom is -0.352 e. The maximum atomic E-state index is 13.4. The van der Waals surface area contributed by atoms with Crippen molar-refractivity contribution in [3.05, 3.63) is 107 Å². The Morgan fingerprint density at radius 1 is 0.943 bits per heavy atom. The maximum absolute atomic E-state index is 13.4. The van der Waals surface area contributed by atoms with Crippen molar-refractivity contribution in [2.24, 2.45) is 0 Å². The third-order valence-corrected chi connectivity index (χ3v) is 6.29. The molecule has 0 bridgehead atoms. The van der Waals surface area contributed by atoms with E-state index in [1.165, 1.54) is 12.1 Å². The number of benzene rings is 3. The number of halogens is 3. The van der Waals surface area contributed by atoms with E-state index in [0.717, 1.165) is 48.6 Å². The molecule has 178 valence electrons. The summed E-state index contributed by atoms with van der Waals surface area (Å²) in [5, 5.41) is 7.65. The molecule has 7 heteroatoms. The second-order valence-electron chi connectivity index (χ2n) is 8.66. The number of carbonyl (C=O) groups excluding carboxylic acids is 1. The molecule has 4 aromatic rings. The number of aromatic nitrogens is 2. The van der Waals surface area contributed by atoms with Crippen molar-refractivity contribution in [2.45, 2.75) is 31.9 Å². The van der Waals surface area contributed by atoms with Crippen LogP contribution in [-0.4, -0.2) is 22.2 Å². The SMILES string of the molecule is O=C(NCCc1ccccc1)c1ccc(-n2nc3c(c2-c2cccc(C(F)(F)F)c2)CCC3)cc1. The van der Waals surface area contributed by atoms with Crippen LogP contribution in [-0.2, 0) is 25.4 Å². The van der Waals surface area contributed by atoms with Gasteiger partial charge in [-0.15, -0.1) is 0 Å². The molecule has 0 fully saturated rings. The zero-order valence-electron chi connectivity index (χ0n) is 19.0. The van der Waals surface area contributed by atoms with E-state index in [-0.39, 0.29) is 5.91 Å². The van der Waals surface area contributed by atoms with E-state index >= 15 is 0 Å². The second kappa shape index (κ2) is 9.41. The molecule has 5 rings (SSSR count). The number of rotatable bonds is 6. The highest BCUT2D eigenvalue weighted by molar-refractivity contribution is 5.94. The molecule has 1 aliphatic carbocycles. The lowest BCUT2D eigenvalue weighted by molar-refractivity contribution is -0.137. The molecule has 1 N–H and O–H groups in total. The van der Waals surface area contributed by atoms with Crippen LogP contribution in [0.5, 0.6) is 0 Å². The fourth-order valence-electron chi connectivity index (χ4n) is 4.54. The molecule has 0 radical (unpaired) electrons. The number of carbonyl (C=O) groups is 1. The molecule has 35 heavy (non-hydrogen) atoms. The number of nitrogens with zero attached hydrogens (tertiary/aromatic N) is 2. The molecule has 1 aliphatic rings. The largest absolute Gasteiger partial charge is 0.416 e. The van der Waals surface area contributed by atoms with Crippen LogP contribution in [0.1, 0.15) is 39.2 Å². The average molecular weight is 476 g/mol. The molecule has 1 heterocycles. The van der Waals surface area contributed by atoms with E-state index in [4.69, 9.17) is 5.10 Å². The molecule has 0 spiro atoms. The first-order valence-electron chi connectivity index (χ1n) is 11.6. The summed E-state index contributed by atoms with van der Waals surface area (Å²) in [4.78, 5) is 12.6. The van der Waals surface area contributed by atoms with Gasteiger partial charge >= 0.3 is 6.18 Å². The number of fused-ring (bicyclic) bond motifs is 1. The van der Waals surface area contributed by atoms with E-state index in [1.54, 1.807) is 35.0 Å². The minimum atomic E-state index is -4.42. The van der Waals surface area contributed by atoms with Gasteiger partial charge in [0.2, 0.25) is 0 Å². The summed E-state index contributed by atoms with van der Waals surface area (Å²) in [7, 11) is 0. The number of hydrogen-bond acceptors (Lipinski definition) is 2. The van der Waals surface area contributed by atoms with Gasteiger partial charge in [-0.05, 0) is 67.6 Å². The summed E-state index contributed by atoms with van der Waals surface area (Å²) in [5.74, 6) is -0.173. The second-order valence-corrected chi connectivity index (χ2v) is 8.66. The standard InChI is InChI=1S/C28H24F3N3O/c29-28(30,31)22-9-4-8-21(18-22)26-24-10-5-11-25(24)33-34(26)23-14-12-20(13-15-23)27(35)32-17-16-19-6-2-1-3-7-19/h1-4,6-9,12-15,18H,5,10-11,16-17H2,(H,32,35). The highest BCUT2D eigenvalue weighted by Gasteiger charge is 2.31. The Morgan fingerprint density at radius 3 is 2.46 bits per heavy atom. The Balaban J connectivity index is 1.39. The van der Waals surface area contributed by atoms with Crippen LogP contribution in [0.15, 0.2) is 78.9 Å². The predicted octanol–water partition coefficient (Wildman–Crippen LogP) is 6.02. The normalized spacial score (nSPS) is 13.0. The van der Waals surface area contributed by atoms with Crippen LogP contribution in [0.4, 0.5) is 13.2 Å². The predicted molar refractivity (Wildman–Crippen MR) is 129 cm³/mol. The molecule has 0 atom stereocenters. The monoisotopic (exact) mass is 475 g/mol. The van der Waals surface area contributed by atoms with Gasteiger partial charge in [-0.1, -0.05) is 42.5 Å². The smallest absolute Gasteiger partial charge is 0.352 e. The third kappa shape index (κ3) is 4.85. The maximum Gasteiger partial charge on any atom is 0.416 e. The zero-order valence-corrected chi connectivity index (χ0v) is 19.0. The van der Waals surface area contributed by atoms with Crippen LogP contribution >= 0.6 is 0 Å². The van der Waals surface area contributed by atoms with Crippen LogP contribution in [0, 0.1) is 0 Å². The van der Waals surface area contributed by atoms with Gasteiger partial charge in [0.1, 0.15) is 0 Å². The van der Waals surface area contributed by atoms with Crippen molar-refractivity contribution in [3.8, 4) is 16.9 Å². The van der Waals surface area contributed by atoms with Crippen LogP contribution in [0.25, 0.3) is 16.9 Å². The highest BCUT2D eigenvalue weighted by Crippen LogP contribution is 2.37. The molecule has 1 aromatic heterocycles. The quantitative estimate of drug-likeness (QED) is 0.371. The zero-order chi connectivity index (χ0) is 24.4. The third-order valence-electron chi connectivity index (χ3n) is 6.29. The summed E-state index contributed by atoms with van der Waals surface area (Å²) in [5.41, 5.74) is 4.76. The lowest BCUT2D eigenvalue weighted by Crippen LogP contribution is -2.25. The van der Waals surface area contributed by atoms with Crippen LogP contribution in [0.2, 0.25) is 0 Å². The first kappa shape index (κ1) is 22.9. The fraction of sp³-hybridized carbons (Fsp3) is 0.214. The van der Waals surface area contributed by atoms with Gasteiger partial charge in [0.05, 0.1) is 22.6 Å². The average Bonchev–Trinajstić information content (AvgIpc) is 3.46. The summed E-state index contributed by atoms with van der Waals surface area (Å²) in [6.07, 6.45) is -1.16. The van der Waals surface area contributed by atoms with Crippen molar-refractivity contribution in [1.29, 1.82) is 0 Å². The van der Waals surface area contributed by atoms with E-state index in [0.29, 0.717) is 29.1 Å². The van der Waals surface area contributed by atoms with E-state index < -0.39 is 11.7 Å². The van der Waals surface area contributed by atoms with E-state index in [2.05, 4.69) is 5.32 Å². The molecule has 0 aliphatic heterocycles. The Bertz CT molecular complexity index is 1340. The topological polar surface area (TPSA) is 46.9 Å². The molecule has 3 aromatic carbocycles. The number of aryl methyl sites for hydroxylation is 1. The summed E-state index contributed by atoms with van der Waals surface area (Å²) < 4.78 is 41.8. The van der Waals surface area contributed by atoms with Crippen LogP contribution in [0.3, 0.4) is 0 Å². The van der Waals surface area contributed by atoms with Crippen molar-refractivity contribution in [1.82, 2.24) is 15.1 Å². The Morgan fingerprint density at radius 2 is 1.71 bits per heavy atom. The van der Waals surface area contributed by atoms with Gasteiger partial charge in [-0.25, -0.2) is 4.68 Å². The van der Waals surface area contributed by atoms with Crippen molar-refractivity contribution in [3.63, 3.8) is 0 Å². The first-order chi connectivity index (χ1) is 16.9. The fourth-order valence-corrected chi connectivity index (χ4v) is 4.54. The molecular formula is C28H24F3N3O. The highest BCUT2D eigenvalue weighted by atomic mass is 19.4. The Hall–Kier alpha value is -3.87. The number of amides is 1. The number of nitrogens with one attached hydrogen (secondary N) is 1. The number of alkyl halides is 3. The van der Waals surface area contributed by atoms with E-state index in [1.807, 2.05) is 30.3 Å². The summed E-state index contributed by atoms with van der Waals surface area (Å²) >= 11 is 0. The Labute approximate surface area is 201 Å². The molecule has 0 saturated carbocycles. The van der Waals surface area contributed by atoms with Gasteiger partial charge in [-0.3, -0.25) is 4.79 Å².